The van der Waals surface area contributed by atoms with Crippen LogP contribution in [0.15, 0.2) is 0 Å². The molecule has 1 rings (SSSR count). The van der Waals surface area contributed by atoms with E-state index >= 15 is 0 Å². The van der Waals surface area contributed by atoms with Crippen LogP contribution in [0.25, 0.3) is 0 Å². The molecule has 2 unspecified atom stereocenters. The maximum Gasteiger partial charge on any atom is 0.250 e. The Bertz CT molecular complexity index is 189. The molecule has 1 saturated carbocycles. The molecule has 1 fully saturated rings. The van der Waals surface area contributed by atoms with Crippen LogP contribution in [0, 0.1) is 0 Å². The van der Waals surface area contributed by atoms with Gasteiger partial charge in [0.1, 0.15) is 6.10 Å². The van der Waals surface area contributed by atoms with Crippen molar-refractivity contribution in [3.63, 3.8) is 0 Å². The highest BCUT2D eigenvalue weighted by Gasteiger charge is 2.22. The van der Waals surface area contributed by atoms with Crippen molar-refractivity contribution in [2.45, 2.75) is 57.2 Å². The van der Waals surface area contributed by atoms with Gasteiger partial charge in [-0.05, 0) is 19.8 Å². The minimum atomic E-state index is -1.07. The monoisotopic (exact) mass is 200 g/mol. The minimum absolute atomic E-state index is 0.240. The smallest absolute Gasteiger partial charge is 0.250 e. The number of nitrogens with one attached hydrogen (secondary N) is 1. The Balaban J connectivity index is 2.31. The second-order valence-electron chi connectivity index (χ2n) is 4.15. The first-order valence-corrected chi connectivity index (χ1v) is 5.35. The van der Waals surface area contributed by atoms with Crippen LogP contribution in [-0.4, -0.2) is 29.2 Å². The largest absolute Gasteiger partial charge is 0.382 e. The molecule has 0 aromatic rings. The highest BCUT2D eigenvalue weighted by Crippen LogP contribution is 2.17. The summed E-state index contributed by atoms with van der Waals surface area (Å²) in [6.07, 6.45) is 4.56. The standard InChI is InChI=1S/C10H20N2O2/c1-7(11)9(13)10(14)12-8-5-3-2-4-6-8/h7-9,13H,2-6,11H2,1H3,(H,12,14). The molecule has 82 valence electrons. The van der Waals surface area contributed by atoms with Gasteiger partial charge in [-0.1, -0.05) is 19.3 Å². The van der Waals surface area contributed by atoms with Gasteiger partial charge in [-0.3, -0.25) is 4.79 Å². The average molecular weight is 200 g/mol. The maximum absolute atomic E-state index is 11.4. The van der Waals surface area contributed by atoms with E-state index in [1.807, 2.05) is 0 Å². The second-order valence-corrected chi connectivity index (χ2v) is 4.15. The number of hydrogen-bond donors (Lipinski definition) is 3. The van der Waals surface area contributed by atoms with Gasteiger partial charge in [-0.25, -0.2) is 0 Å². The predicted molar refractivity (Wildman–Crippen MR) is 54.7 cm³/mol. The molecule has 14 heavy (non-hydrogen) atoms. The summed E-state index contributed by atoms with van der Waals surface area (Å²) in [6.45, 7) is 1.63. The zero-order valence-corrected chi connectivity index (χ0v) is 8.70. The lowest BCUT2D eigenvalue weighted by Crippen LogP contribution is -2.48. The zero-order chi connectivity index (χ0) is 10.6. The topological polar surface area (TPSA) is 75.3 Å². The van der Waals surface area contributed by atoms with Crippen molar-refractivity contribution in [2.75, 3.05) is 0 Å². The molecular weight excluding hydrogens is 180 g/mol. The van der Waals surface area contributed by atoms with E-state index in [1.54, 1.807) is 6.92 Å². The molecule has 4 nitrogen and oxygen atoms in total. The van der Waals surface area contributed by atoms with Gasteiger partial charge in [0, 0.05) is 12.1 Å². The fourth-order valence-corrected chi connectivity index (χ4v) is 1.77. The molecule has 0 spiro atoms. The third-order valence-electron chi connectivity index (χ3n) is 2.72. The molecule has 4 N–H and O–H groups in total. The SMILES string of the molecule is CC(N)C(O)C(=O)NC1CCCCC1. The quantitative estimate of drug-likeness (QED) is 0.606. The number of carbonyl (C=O) groups excluding carboxylic acids is 1. The molecule has 0 aliphatic heterocycles. The van der Waals surface area contributed by atoms with Crippen LogP contribution in [0.1, 0.15) is 39.0 Å². The first-order chi connectivity index (χ1) is 6.61. The van der Waals surface area contributed by atoms with E-state index in [4.69, 9.17) is 5.73 Å². The van der Waals surface area contributed by atoms with Crippen LogP contribution in [0.5, 0.6) is 0 Å². The van der Waals surface area contributed by atoms with E-state index in [9.17, 15) is 9.90 Å². The van der Waals surface area contributed by atoms with Crippen LogP contribution in [-0.2, 0) is 4.79 Å². The predicted octanol–water partition coefficient (Wildman–Crippen LogP) is 0.143. The van der Waals surface area contributed by atoms with Gasteiger partial charge >= 0.3 is 0 Å². The Morgan fingerprint density at radius 2 is 2.00 bits per heavy atom. The van der Waals surface area contributed by atoms with Gasteiger partial charge < -0.3 is 16.2 Å². The molecule has 0 bridgehead atoms. The van der Waals surface area contributed by atoms with Gasteiger partial charge in [0.15, 0.2) is 0 Å². The Hall–Kier alpha value is -0.610. The summed E-state index contributed by atoms with van der Waals surface area (Å²) in [5, 5.41) is 12.2. The molecule has 2 atom stereocenters. The molecule has 0 saturated heterocycles. The van der Waals surface area contributed by atoms with Gasteiger partial charge in [-0.15, -0.1) is 0 Å². The zero-order valence-electron chi connectivity index (χ0n) is 8.70. The number of carbonyl (C=O) groups is 1. The Morgan fingerprint density at radius 3 is 2.50 bits per heavy atom. The molecule has 1 aliphatic rings. The Morgan fingerprint density at radius 1 is 1.43 bits per heavy atom. The molecule has 1 amide bonds. The molecule has 0 aromatic heterocycles. The van der Waals surface area contributed by atoms with Crippen molar-refractivity contribution < 1.29 is 9.90 Å². The van der Waals surface area contributed by atoms with Crippen LogP contribution in [0.4, 0.5) is 0 Å². The maximum atomic E-state index is 11.4. The molecular formula is C10H20N2O2. The fraction of sp³-hybridized carbons (Fsp3) is 0.900. The van der Waals surface area contributed by atoms with Crippen molar-refractivity contribution in [1.29, 1.82) is 0 Å². The van der Waals surface area contributed by atoms with Gasteiger partial charge in [0.05, 0.1) is 0 Å². The van der Waals surface area contributed by atoms with E-state index in [1.165, 1.54) is 19.3 Å². The fourth-order valence-electron chi connectivity index (χ4n) is 1.77. The van der Waals surface area contributed by atoms with E-state index in [2.05, 4.69) is 5.32 Å². The summed E-state index contributed by atoms with van der Waals surface area (Å²) < 4.78 is 0. The highest BCUT2D eigenvalue weighted by atomic mass is 16.3. The van der Waals surface area contributed by atoms with Gasteiger partial charge in [0.2, 0.25) is 0 Å². The van der Waals surface area contributed by atoms with Crippen molar-refractivity contribution in [2.24, 2.45) is 5.73 Å². The molecule has 0 radical (unpaired) electrons. The Kier molecular flexibility index (Phi) is 4.35. The van der Waals surface area contributed by atoms with Gasteiger partial charge in [-0.2, -0.15) is 0 Å². The molecule has 0 aromatic carbocycles. The summed E-state index contributed by atoms with van der Waals surface area (Å²) >= 11 is 0. The summed E-state index contributed by atoms with van der Waals surface area (Å²) in [7, 11) is 0. The summed E-state index contributed by atoms with van der Waals surface area (Å²) in [4.78, 5) is 11.4. The van der Waals surface area contributed by atoms with Crippen molar-refractivity contribution in [3.05, 3.63) is 0 Å². The first kappa shape index (κ1) is 11.5. The molecule has 1 aliphatic carbocycles. The Labute approximate surface area is 84.9 Å². The number of rotatable bonds is 3. The van der Waals surface area contributed by atoms with E-state index in [0.717, 1.165) is 12.8 Å². The van der Waals surface area contributed by atoms with E-state index in [0.29, 0.717) is 0 Å². The summed E-state index contributed by atoms with van der Waals surface area (Å²) in [5.41, 5.74) is 5.43. The normalized spacial score (nSPS) is 22.8. The number of nitrogens with two attached hydrogens (primary N) is 1. The van der Waals surface area contributed by atoms with Crippen molar-refractivity contribution in [1.82, 2.24) is 5.32 Å². The van der Waals surface area contributed by atoms with E-state index in [-0.39, 0.29) is 11.9 Å². The van der Waals surface area contributed by atoms with Crippen molar-refractivity contribution in [3.8, 4) is 0 Å². The lowest BCUT2D eigenvalue weighted by Gasteiger charge is -2.24. The van der Waals surface area contributed by atoms with Crippen LogP contribution >= 0.6 is 0 Å². The third kappa shape index (κ3) is 3.27. The number of aliphatic hydroxyl groups excluding tert-OH is 1. The average Bonchev–Trinajstić information content (AvgIpc) is 2.18. The number of hydrogen-bond acceptors (Lipinski definition) is 3. The molecule has 0 heterocycles. The highest BCUT2D eigenvalue weighted by molar-refractivity contribution is 5.81. The lowest BCUT2D eigenvalue weighted by molar-refractivity contribution is -0.131. The number of aliphatic hydroxyl groups is 1. The van der Waals surface area contributed by atoms with Crippen LogP contribution < -0.4 is 11.1 Å². The lowest BCUT2D eigenvalue weighted by atomic mass is 9.95. The number of amides is 1. The summed E-state index contributed by atoms with van der Waals surface area (Å²) in [5.74, 6) is -0.327. The van der Waals surface area contributed by atoms with Crippen LogP contribution in [0.2, 0.25) is 0 Å². The molecule has 4 heteroatoms. The van der Waals surface area contributed by atoms with Crippen LogP contribution in [0.3, 0.4) is 0 Å². The van der Waals surface area contributed by atoms with E-state index < -0.39 is 12.1 Å². The summed E-state index contributed by atoms with van der Waals surface area (Å²) in [6, 6.07) is -0.261. The first-order valence-electron chi connectivity index (χ1n) is 5.35. The second kappa shape index (κ2) is 5.32. The third-order valence-corrected chi connectivity index (χ3v) is 2.72. The van der Waals surface area contributed by atoms with Gasteiger partial charge in [0.25, 0.3) is 5.91 Å². The van der Waals surface area contributed by atoms with Crippen molar-refractivity contribution >= 4 is 5.91 Å². The minimum Gasteiger partial charge on any atom is -0.382 e.